The van der Waals surface area contributed by atoms with E-state index in [-0.39, 0.29) is 62.0 Å². The maximum atomic E-state index is 12.8. The molecule has 8 N–H and O–H groups in total. The number of carbonyl (C=O) groups is 8. The van der Waals surface area contributed by atoms with Crippen LogP contribution in [0.1, 0.15) is 51.7 Å². The van der Waals surface area contributed by atoms with Gasteiger partial charge in [0.05, 0.1) is 25.0 Å². The molecule has 416 valence electrons. The van der Waals surface area contributed by atoms with Crippen LogP contribution in [0, 0.1) is 11.8 Å². The molecule has 0 aliphatic rings. The predicted octanol–water partition coefficient (Wildman–Crippen LogP) is 6.68. The molecule has 0 fully saturated rings. The number of esters is 2. The highest BCUT2D eigenvalue weighted by molar-refractivity contribution is 8.77. The Morgan fingerprint density at radius 2 is 0.892 bits per heavy atom. The second-order valence-electron chi connectivity index (χ2n) is 15.2. The van der Waals surface area contributed by atoms with E-state index < -0.39 is 48.8 Å². The second kappa shape index (κ2) is 44.8. The Kier molecular flexibility index (Phi) is 42.1. The van der Waals surface area contributed by atoms with Gasteiger partial charge in [0.1, 0.15) is 13.1 Å². The summed E-state index contributed by atoms with van der Waals surface area (Å²) in [5.74, 6) is -0.205. The van der Waals surface area contributed by atoms with Gasteiger partial charge in [-0.3, -0.25) is 19.2 Å². The smallest absolute Gasteiger partial charge is 0.478 e. The highest BCUT2D eigenvalue weighted by atomic mass is 33.1. The van der Waals surface area contributed by atoms with E-state index in [0.29, 0.717) is 36.5 Å². The van der Waals surface area contributed by atoms with Gasteiger partial charge in [-0.25, -0.2) is 19.2 Å². The maximum absolute atomic E-state index is 12.8. The summed E-state index contributed by atoms with van der Waals surface area (Å²) in [6.07, 6.45) is 4.19. The fourth-order valence-electron chi connectivity index (χ4n) is 5.31. The Labute approximate surface area is 458 Å². The van der Waals surface area contributed by atoms with E-state index in [1.54, 1.807) is 80.5 Å². The highest BCUT2D eigenvalue weighted by Crippen LogP contribution is 2.28. The normalized spacial score (nSPS) is 13.0. The minimum Gasteiger partial charge on any atom is -0.478 e. The molecule has 2 aromatic carbocycles. The predicted molar refractivity (Wildman–Crippen MR) is 297 cm³/mol. The number of nitrogens with one attached hydrogen (secondary N) is 2. The summed E-state index contributed by atoms with van der Waals surface area (Å²) in [6.45, 7) is 5.72. The van der Waals surface area contributed by atoms with E-state index in [2.05, 4.69) is 32.6 Å². The molecule has 0 aliphatic carbocycles. The third kappa shape index (κ3) is 39.9. The van der Waals surface area contributed by atoms with Crippen molar-refractivity contribution >= 4 is 115 Å². The van der Waals surface area contributed by atoms with Gasteiger partial charge in [0.25, 0.3) is 0 Å². The molecule has 2 aromatic rings. The Bertz CT molecular complexity index is 1810. The van der Waals surface area contributed by atoms with Gasteiger partial charge in [0, 0.05) is 61.1 Å². The number of benzene rings is 2. The van der Waals surface area contributed by atoms with Gasteiger partial charge in [-0.2, -0.15) is 23.5 Å². The van der Waals surface area contributed by atoms with Crippen LogP contribution < -0.4 is 22.1 Å². The third-order valence-corrected chi connectivity index (χ3v) is 15.3. The van der Waals surface area contributed by atoms with E-state index in [1.165, 1.54) is 13.8 Å². The first-order valence-electron chi connectivity index (χ1n) is 23.1. The van der Waals surface area contributed by atoms with Crippen molar-refractivity contribution in [2.75, 3.05) is 73.3 Å². The van der Waals surface area contributed by atoms with Crippen LogP contribution in [0.25, 0.3) is 0 Å². The molecule has 0 bridgehead atoms. The van der Waals surface area contributed by atoms with Crippen molar-refractivity contribution in [3.63, 3.8) is 0 Å². The van der Waals surface area contributed by atoms with Crippen LogP contribution in [0.2, 0.25) is 0 Å². The van der Waals surface area contributed by atoms with Gasteiger partial charge in [0.15, 0.2) is 0 Å². The molecule has 0 spiro atoms. The molecular formula is C48H72N4O16S6. The van der Waals surface area contributed by atoms with Gasteiger partial charge in [-0.1, -0.05) is 104 Å². The number of carbonyl (C=O) groups excluding carboxylic acids is 6. The van der Waals surface area contributed by atoms with Crippen LogP contribution in [0.4, 0.5) is 9.59 Å². The fraction of sp³-hybridized carbons (Fsp3) is 0.542. The molecule has 0 aliphatic heterocycles. The molecule has 2 rings (SSSR count). The standard InChI is InChI=1S/2C22H34N2O6S3.C4H4O4/c2*1-4-28-22(27)30-16(2)29-20(25)13-24-21(26)18(12-17-8-6-5-7-9-17)14-32-33-15-19(23)10-11-31-3;5-3(6)1-2-4(7)8/h2*5-9,16,18-19H,4,10-15,23H2,1-3H3,(H,24,26);1-2H,(H,5,6)(H,7,8)/b;;2-1+/t2*16?,18-,19+;/m11./s1. The molecule has 0 heterocycles. The summed E-state index contributed by atoms with van der Waals surface area (Å²) in [5.41, 5.74) is 14.3. The molecule has 2 unspecified atom stereocenters. The molecular weight excluding hydrogens is 1080 g/mol. The van der Waals surface area contributed by atoms with Crippen molar-refractivity contribution in [2.45, 2.75) is 78.0 Å². The first kappa shape index (κ1) is 69.6. The van der Waals surface area contributed by atoms with Crippen molar-refractivity contribution in [1.82, 2.24) is 10.6 Å². The lowest BCUT2D eigenvalue weighted by atomic mass is 10.0. The average Bonchev–Trinajstić information content (AvgIpc) is 3.35. The van der Waals surface area contributed by atoms with Crippen molar-refractivity contribution in [3.05, 3.63) is 83.9 Å². The van der Waals surface area contributed by atoms with Gasteiger partial charge >= 0.3 is 36.2 Å². The van der Waals surface area contributed by atoms with Gasteiger partial charge < -0.3 is 60.7 Å². The van der Waals surface area contributed by atoms with Crippen LogP contribution >= 0.6 is 66.7 Å². The summed E-state index contributed by atoms with van der Waals surface area (Å²) in [4.78, 5) is 91.2. The number of ether oxygens (including phenoxy) is 6. The molecule has 0 aromatic heterocycles. The lowest BCUT2D eigenvalue weighted by molar-refractivity contribution is -0.168. The topological polar surface area (TPSA) is 308 Å². The van der Waals surface area contributed by atoms with E-state index in [0.717, 1.165) is 47.0 Å². The lowest BCUT2D eigenvalue weighted by Crippen LogP contribution is -2.38. The highest BCUT2D eigenvalue weighted by Gasteiger charge is 2.24. The minimum absolute atomic E-state index is 0.130. The zero-order chi connectivity index (χ0) is 55.5. The Morgan fingerprint density at radius 1 is 0.554 bits per heavy atom. The first-order valence-corrected chi connectivity index (χ1v) is 30.9. The number of nitrogens with two attached hydrogens (primary N) is 2. The number of carboxylic acid groups (broad SMARTS) is 2. The number of hydrogen-bond donors (Lipinski definition) is 6. The monoisotopic (exact) mass is 1150 g/mol. The van der Waals surface area contributed by atoms with E-state index >= 15 is 0 Å². The van der Waals surface area contributed by atoms with E-state index in [9.17, 15) is 38.4 Å². The maximum Gasteiger partial charge on any atom is 0.511 e. The molecule has 0 saturated heterocycles. The SMILES string of the molecule is CCOC(=O)OC(C)OC(=O)CNC(=O)[C@@H](CSSC[C@@H](N)CCSC)Cc1ccccc1.CCOC(=O)OC(C)OC(=O)CNC(=O)[C@@H](CSSC[C@@H](N)CCSC)Cc1ccccc1.O=C(O)/C=C/C(=O)O. The van der Waals surface area contributed by atoms with Crippen LogP contribution in [-0.4, -0.2) is 156 Å². The molecule has 74 heavy (non-hydrogen) atoms. The number of rotatable bonds is 34. The quantitative estimate of drug-likeness (QED) is 0.0106. The van der Waals surface area contributed by atoms with E-state index in [4.69, 9.17) is 40.6 Å². The summed E-state index contributed by atoms with van der Waals surface area (Å²) in [7, 11) is 6.54. The number of amides is 2. The van der Waals surface area contributed by atoms with Crippen molar-refractivity contribution in [3.8, 4) is 0 Å². The Balaban J connectivity index is 0.00000125. The summed E-state index contributed by atoms with van der Waals surface area (Å²) >= 11 is 3.56. The lowest BCUT2D eigenvalue weighted by Gasteiger charge is -2.18. The zero-order valence-corrected chi connectivity index (χ0v) is 47.4. The van der Waals surface area contributed by atoms with Gasteiger partial charge in [-0.05, 0) is 74.7 Å². The molecule has 0 saturated carbocycles. The third-order valence-electron chi connectivity index (χ3n) is 8.87. The second-order valence-corrected chi connectivity index (χ2v) is 22.2. The molecule has 0 radical (unpaired) electrons. The van der Waals surface area contributed by atoms with Crippen molar-refractivity contribution in [1.29, 1.82) is 0 Å². The first-order chi connectivity index (χ1) is 35.3. The summed E-state index contributed by atoms with van der Waals surface area (Å²) < 4.78 is 28.7. The van der Waals surface area contributed by atoms with Crippen molar-refractivity contribution < 1.29 is 77.0 Å². The zero-order valence-electron chi connectivity index (χ0n) is 42.5. The van der Waals surface area contributed by atoms with E-state index in [1.807, 2.05) is 60.7 Å². The molecule has 2 amide bonds. The number of thioether (sulfide) groups is 2. The van der Waals surface area contributed by atoms with Crippen LogP contribution in [0.15, 0.2) is 72.8 Å². The average molecular weight is 1150 g/mol. The van der Waals surface area contributed by atoms with Crippen LogP contribution in [0.3, 0.4) is 0 Å². The van der Waals surface area contributed by atoms with Crippen molar-refractivity contribution in [2.24, 2.45) is 23.3 Å². The summed E-state index contributed by atoms with van der Waals surface area (Å²) in [5, 5.41) is 20.9. The Morgan fingerprint density at radius 3 is 1.20 bits per heavy atom. The van der Waals surface area contributed by atoms with Crippen LogP contribution in [0.5, 0.6) is 0 Å². The molecule has 6 atom stereocenters. The van der Waals surface area contributed by atoms with Crippen LogP contribution in [-0.2, 0) is 70.0 Å². The summed E-state index contributed by atoms with van der Waals surface area (Å²) in [6, 6.07) is 19.7. The van der Waals surface area contributed by atoms with Gasteiger partial charge in [-0.15, -0.1) is 0 Å². The number of carboxylic acids is 2. The number of hydrogen-bond acceptors (Lipinski definition) is 22. The minimum atomic E-state index is -1.26. The van der Waals surface area contributed by atoms with Gasteiger partial charge in [0.2, 0.25) is 24.4 Å². The number of aliphatic carboxylic acids is 2. The largest absolute Gasteiger partial charge is 0.511 e. The Hall–Kier alpha value is -4.44. The fourth-order valence-corrected chi connectivity index (χ4v) is 11.5. The molecule has 26 heteroatoms. The molecule has 20 nitrogen and oxygen atoms in total.